The lowest BCUT2D eigenvalue weighted by Crippen LogP contribution is -2.33. The minimum absolute atomic E-state index is 0.318. The normalized spacial score (nSPS) is 14.0. The number of hydrogen-bond acceptors (Lipinski definition) is 4. The molecule has 1 fully saturated rings. The highest BCUT2D eigenvalue weighted by Gasteiger charge is 2.07. The van der Waals surface area contributed by atoms with E-state index in [9.17, 15) is 4.79 Å². The van der Waals surface area contributed by atoms with Crippen molar-refractivity contribution < 1.29 is 9.53 Å². The van der Waals surface area contributed by atoms with Gasteiger partial charge in [0.1, 0.15) is 5.60 Å². The van der Waals surface area contributed by atoms with Crippen molar-refractivity contribution in [2.75, 3.05) is 13.1 Å². The molecule has 0 spiro atoms. The monoisotopic (exact) mass is 196 g/mol. The third kappa shape index (κ3) is 7.32. The molecule has 14 heavy (non-hydrogen) atoms. The van der Waals surface area contributed by atoms with Crippen LogP contribution in [0.2, 0.25) is 0 Å². The third-order valence-electron chi connectivity index (χ3n) is 1.37. The van der Waals surface area contributed by atoms with Crippen LogP contribution < -0.4 is 5.32 Å². The zero-order chi connectivity index (χ0) is 11.0. The van der Waals surface area contributed by atoms with Gasteiger partial charge in [0.25, 0.3) is 6.47 Å². The average molecular weight is 196 g/mol. The van der Waals surface area contributed by atoms with Crippen LogP contribution in [0.1, 0.15) is 20.8 Å². The Balaban J connectivity index is 0.000000241. The summed E-state index contributed by atoms with van der Waals surface area (Å²) in [4.78, 5) is 9.60. The molecule has 1 saturated heterocycles. The number of rotatable bonds is 1. The quantitative estimate of drug-likeness (QED) is 0.502. The zero-order valence-corrected chi connectivity index (χ0v) is 8.83. The molecule has 0 radical (unpaired) electrons. The van der Waals surface area contributed by atoms with Crippen molar-refractivity contribution in [3.05, 3.63) is 11.6 Å². The van der Waals surface area contributed by atoms with E-state index < -0.39 is 0 Å². The number of nitrogens with zero attached hydrogens (tertiary/aromatic N) is 1. The molecule has 0 aromatic carbocycles. The van der Waals surface area contributed by atoms with E-state index in [1.807, 2.05) is 26.8 Å². The molecule has 0 aromatic rings. The molecule has 1 aliphatic rings. The number of nitrogens with one attached hydrogen (secondary N) is 1. The molecule has 4 nitrogen and oxygen atoms in total. The summed E-state index contributed by atoms with van der Waals surface area (Å²) in [7, 11) is 0. The predicted molar refractivity (Wildman–Crippen MR) is 53.5 cm³/mol. The fourth-order valence-electron chi connectivity index (χ4n) is 0.607. The molecule has 0 bridgehead atoms. The maximum atomic E-state index is 9.60. The van der Waals surface area contributed by atoms with Crippen molar-refractivity contribution in [2.45, 2.75) is 26.4 Å². The molecular formula is C10H16N2O2. The lowest BCUT2D eigenvalue weighted by molar-refractivity contribution is -0.138. The van der Waals surface area contributed by atoms with Crippen LogP contribution >= 0.6 is 0 Å². The van der Waals surface area contributed by atoms with Gasteiger partial charge in [0.2, 0.25) is 0 Å². The molecule has 1 heterocycles. The van der Waals surface area contributed by atoms with Gasteiger partial charge in [-0.05, 0) is 26.3 Å². The number of ether oxygens (including phenoxy) is 1. The van der Waals surface area contributed by atoms with E-state index in [0.717, 1.165) is 13.1 Å². The first-order chi connectivity index (χ1) is 6.49. The van der Waals surface area contributed by atoms with Crippen LogP contribution in [0.4, 0.5) is 0 Å². The molecule has 0 aromatic heterocycles. The Hall–Kier alpha value is -1.34. The topological polar surface area (TPSA) is 62.1 Å². The standard InChI is InChI=1S/C5H6N2.C5H10O2/c6-2-1-5-3-7-4-5;1-5(2,3)7-4-6/h1,7H,3-4H2;4H,1-3H3. The first-order valence-corrected chi connectivity index (χ1v) is 4.39. The van der Waals surface area contributed by atoms with Crippen LogP contribution in [0.15, 0.2) is 11.6 Å². The van der Waals surface area contributed by atoms with E-state index in [1.54, 1.807) is 6.08 Å². The van der Waals surface area contributed by atoms with E-state index >= 15 is 0 Å². The fourth-order valence-corrected chi connectivity index (χ4v) is 0.607. The van der Waals surface area contributed by atoms with Crippen LogP contribution in [0.5, 0.6) is 0 Å². The van der Waals surface area contributed by atoms with E-state index in [0.29, 0.717) is 6.47 Å². The highest BCUT2D eigenvalue weighted by atomic mass is 16.5. The number of carbonyl (C=O) groups is 1. The van der Waals surface area contributed by atoms with Gasteiger partial charge in [0.15, 0.2) is 0 Å². The molecule has 1 rings (SSSR count). The summed E-state index contributed by atoms with van der Waals surface area (Å²) < 4.78 is 4.55. The average Bonchev–Trinajstić information content (AvgIpc) is 1.95. The van der Waals surface area contributed by atoms with Gasteiger partial charge in [-0.15, -0.1) is 0 Å². The van der Waals surface area contributed by atoms with Crippen molar-refractivity contribution >= 4 is 6.47 Å². The van der Waals surface area contributed by atoms with Crippen LogP contribution in [-0.2, 0) is 9.53 Å². The van der Waals surface area contributed by atoms with Crippen LogP contribution in [-0.4, -0.2) is 25.2 Å². The number of nitriles is 1. The van der Waals surface area contributed by atoms with Crippen LogP contribution in [0.3, 0.4) is 0 Å². The van der Waals surface area contributed by atoms with Gasteiger partial charge in [0.05, 0.1) is 6.07 Å². The van der Waals surface area contributed by atoms with E-state index in [4.69, 9.17) is 5.26 Å². The Bertz CT molecular complexity index is 240. The lowest BCUT2D eigenvalue weighted by Gasteiger charge is -2.16. The van der Waals surface area contributed by atoms with Gasteiger partial charge >= 0.3 is 0 Å². The van der Waals surface area contributed by atoms with Gasteiger partial charge in [-0.25, -0.2) is 0 Å². The fraction of sp³-hybridized carbons (Fsp3) is 0.600. The molecule has 0 atom stereocenters. The summed E-state index contributed by atoms with van der Waals surface area (Å²) in [6.07, 6.45) is 1.59. The summed E-state index contributed by atoms with van der Waals surface area (Å²) in [5.74, 6) is 0. The number of allylic oxidation sites excluding steroid dienone is 1. The van der Waals surface area contributed by atoms with E-state index in [2.05, 4.69) is 10.1 Å². The molecule has 4 heteroatoms. The van der Waals surface area contributed by atoms with Crippen molar-refractivity contribution in [3.63, 3.8) is 0 Å². The first-order valence-electron chi connectivity index (χ1n) is 4.39. The Morgan fingerprint density at radius 1 is 1.50 bits per heavy atom. The van der Waals surface area contributed by atoms with E-state index in [1.165, 1.54) is 5.57 Å². The van der Waals surface area contributed by atoms with Crippen molar-refractivity contribution in [2.24, 2.45) is 0 Å². The lowest BCUT2D eigenvalue weighted by atomic mass is 10.1. The molecule has 0 aliphatic carbocycles. The van der Waals surface area contributed by atoms with Gasteiger partial charge in [-0.1, -0.05) is 0 Å². The molecule has 78 valence electrons. The molecule has 1 N–H and O–H groups in total. The molecule has 1 aliphatic heterocycles. The van der Waals surface area contributed by atoms with Crippen molar-refractivity contribution in [1.82, 2.24) is 5.32 Å². The molecule has 0 saturated carbocycles. The maximum absolute atomic E-state index is 9.60. The Morgan fingerprint density at radius 2 is 2.07 bits per heavy atom. The smallest absolute Gasteiger partial charge is 0.293 e. The van der Waals surface area contributed by atoms with Gasteiger partial charge in [-0.3, -0.25) is 4.79 Å². The minimum Gasteiger partial charge on any atom is -0.462 e. The van der Waals surface area contributed by atoms with Crippen LogP contribution in [0.25, 0.3) is 0 Å². The van der Waals surface area contributed by atoms with Gasteiger partial charge in [-0.2, -0.15) is 5.26 Å². The van der Waals surface area contributed by atoms with Gasteiger partial charge in [0, 0.05) is 19.2 Å². The summed E-state index contributed by atoms with van der Waals surface area (Å²) in [6.45, 7) is 7.74. The summed E-state index contributed by atoms with van der Waals surface area (Å²) >= 11 is 0. The predicted octanol–water partition coefficient (Wildman–Crippen LogP) is 0.997. The highest BCUT2D eigenvalue weighted by Crippen LogP contribution is 2.02. The summed E-state index contributed by atoms with van der Waals surface area (Å²) in [6, 6.07) is 1.97. The van der Waals surface area contributed by atoms with E-state index in [-0.39, 0.29) is 5.60 Å². The second kappa shape index (κ2) is 6.17. The third-order valence-corrected chi connectivity index (χ3v) is 1.37. The summed E-state index contributed by atoms with van der Waals surface area (Å²) in [5.41, 5.74) is 0.893. The molecule has 0 amide bonds. The van der Waals surface area contributed by atoms with Gasteiger partial charge < -0.3 is 10.1 Å². The molecule has 0 unspecified atom stereocenters. The zero-order valence-electron chi connectivity index (χ0n) is 8.83. The SMILES string of the molecule is CC(C)(C)OC=O.N#CC=C1CNC1. The Morgan fingerprint density at radius 3 is 2.14 bits per heavy atom. The molecular weight excluding hydrogens is 180 g/mol. The number of hydrogen-bond donors (Lipinski definition) is 1. The summed E-state index contributed by atoms with van der Waals surface area (Å²) in [5, 5.41) is 11.1. The Kier molecular flexibility index (Phi) is 5.58. The maximum Gasteiger partial charge on any atom is 0.293 e. The Labute approximate surface area is 84.6 Å². The second-order valence-electron chi connectivity index (χ2n) is 3.86. The first kappa shape index (κ1) is 12.7. The largest absolute Gasteiger partial charge is 0.462 e. The second-order valence-corrected chi connectivity index (χ2v) is 3.86. The highest BCUT2D eigenvalue weighted by molar-refractivity contribution is 5.37. The van der Waals surface area contributed by atoms with Crippen LogP contribution in [0, 0.1) is 11.3 Å². The minimum atomic E-state index is -0.318. The van der Waals surface area contributed by atoms with Crippen molar-refractivity contribution in [3.8, 4) is 6.07 Å². The van der Waals surface area contributed by atoms with Crippen molar-refractivity contribution in [1.29, 1.82) is 5.26 Å². The number of carbonyl (C=O) groups excluding carboxylic acids is 1.